The Hall–Kier alpha value is -3.79. The van der Waals surface area contributed by atoms with E-state index in [1.807, 2.05) is 11.8 Å². The van der Waals surface area contributed by atoms with Crippen LogP contribution in [0.5, 0.6) is 0 Å². The summed E-state index contributed by atoms with van der Waals surface area (Å²) in [5.41, 5.74) is 1.15. The third kappa shape index (κ3) is 4.49. The minimum absolute atomic E-state index is 0.0460. The van der Waals surface area contributed by atoms with Gasteiger partial charge in [0.25, 0.3) is 0 Å². The number of hydrogen-bond acceptors (Lipinski definition) is 6. The monoisotopic (exact) mass is 469 g/mol. The molecule has 3 N–H and O–H groups in total. The van der Waals surface area contributed by atoms with Gasteiger partial charge in [-0.1, -0.05) is 12.1 Å². The quantitative estimate of drug-likeness (QED) is 0.327. The zero-order chi connectivity index (χ0) is 24.4. The third-order valence-electron chi connectivity index (χ3n) is 6.14. The normalized spacial score (nSPS) is 15.1. The molecule has 10 heteroatoms. The molecule has 3 aromatic rings. The average Bonchev–Trinajstić information content (AvgIpc) is 2.83. The van der Waals surface area contributed by atoms with Gasteiger partial charge in [-0.3, -0.25) is 9.69 Å². The molecule has 0 atom stereocenters. The van der Waals surface area contributed by atoms with Gasteiger partial charge >= 0.3 is 5.97 Å². The highest BCUT2D eigenvalue weighted by Crippen LogP contribution is 2.26. The van der Waals surface area contributed by atoms with Gasteiger partial charge in [0.1, 0.15) is 17.2 Å². The number of carbonyl (C=O) groups is 1. The molecule has 8 nitrogen and oxygen atoms in total. The Labute approximate surface area is 194 Å². The van der Waals surface area contributed by atoms with Gasteiger partial charge < -0.3 is 20.4 Å². The molecule has 1 saturated heterocycles. The SMILES string of the molecule is CCn1cc(C(=O)O)c(=O)c2cc(F)c(N3CCN(C/C(=N\N)c4ccc(F)cc4)CC3)cc21. The molecule has 1 aliphatic rings. The molecule has 178 valence electrons. The van der Waals surface area contributed by atoms with Gasteiger partial charge in [0.2, 0.25) is 5.43 Å². The van der Waals surface area contributed by atoms with Crippen LogP contribution < -0.4 is 16.2 Å². The van der Waals surface area contributed by atoms with Crippen LogP contribution in [0.2, 0.25) is 0 Å². The molecule has 1 aliphatic heterocycles. The van der Waals surface area contributed by atoms with Crippen LogP contribution in [0.4, 0.5) is 14.5 Å². The van der Waals surface area contributed by atoms with Crippen molar-refractivity contribution >= 4 is 28.3 Å². The van der Waals surface area contributed by atoms with Crippen LogP contribution in [0.3, 0.4) is 0 Å². The molecule has 34 heavy (non-hydrogen) atoms. The smallest absolute Gasteiger partial charge is 0.341 e. The summed E-state index contributed by atoms with van der Waals surface area (Å²) in [6.45, 7) is 5.05. The van der Waals surface area contributed by atoms with Crippen LogP contribution in [0.1, 0.15) is 22.8 Å². The number of benzene rings is 2. The Bertz CT molecular complexity index is 1310. The second-order valence-electron chi connectivity index (χ2n) is 8.13. The van der Waals surface area contributed by atoms with E-state index in [1.54, 1.807) is 22.8 Å². The highest BCUT2D eigenvalue weighted by atomic mass is 19.1. The van der Waals surface area contributed by atoms with Crippen molar-refractivity contribution in [3.63, 3.8) is 0 Å². The number of piperazine rings is 1. The lowest BCUT2D eigenvalue weighted by atomic mass is 10.1. The number of nitrogens with zero attached hydrogens (tertiary/aromatic N) is 4. The Morgan fingerprint density at radius 1 is 1.12 bits per heavy atom. The largest absolute Gasteiger partial charge is 0.477 e. The van der Waals surface area contributed by atoms with Gasteiger partial charge in [-0.25, -0.2) is 13.6 Å². The lowest BCUT2D eigenvalue weighted by Gasteiger charge is -2.36. The van der Waals surface area contributed by atoms with E-state index in [1.165, 1.54) is 18.3 Å². The number of aryl methyl sites for hydroxylation is 1. The summed E-state index contributed by atoms with van der Waals surface area (Å²) in [6, 6.07) is 8.72. The zero-order valence-electron chi connectivity index (χ0n) is 18.7. The lowest BCUT2D eigenvalue weighted by molar-refractivity contribution is 0.0695. The summed E-state index contributed by atoms with van der Waals surface area (Å²) in [5.74, 6) is 3.32. The second kappa shape index (κ2) is 9.60. The molecule has 0 aliphatic carbocycles. The topological polar surface area (TPSA) is 104 Å². The third-order valence-corrected chi connectivity index (χ3v) is 6.14. The van der Waals surface area contributed by atoms with Gasteiger partial charge in [0.15, 0.2) is 0 Å². The van der Waals surface area contributed by atoms with Gasteiger partial charge in [0.05, 0.1) is 16.9 Å². The molecular formula is C24H25F2N5O3. The number of halogens is 2. The van der Waals surface area contributed by atoms with Crippen molar-refractivity contribution in [1.29, 1.82) is 0 Å². The van der Waals surface area contributed by atoms with Crippen molar-refractivity contribution in [2.45, 2.75) is 13.5 Å². The number of anilines is 1. The maximum Gasteiger partial charge on any atom is 0.341 e. The summed E-state index contributed by atoms with van der Waals surface area (Å²) < 4.78 is 29.9. The first-order valence-electron chi connectivity index (χ1n) is 10.9. The lowest BCUT2D eigenvalue weighted by Crippen LogP contribution is -2.48. The van der Waals surface area contributed by atoms with Gasteiger partial charge in [-0.15, -0.1) is 0 Å². The highest BCUT2D eigenvalue weighted by molar-refractivity contribution is 6.01. The standard InChI is InChI=1S/C24H25F2N5O3/c1-2-30-13-18(24(33)34)23(32)17-11-19(26)22(12-21(17)30)31-9-7-29(8-10-31)14-20(28-27)15-3-5-16(25)6-4-15/h3-6,11-13H,2,7-10,14,27H2,1H3,(H,33,34)/b28-20+. The van der Waals surface area contributed by atoms with Gasteiger partial charge in [0, 0.05) is 50.9 Å². The molecule has 2 aromatic carbocycles. The fourth-order valence-electron chi connectivity index (χ4n) is 4.26. The Morgan fingerprint density at radius 3 is 2.38 bits per heavy atom. The number of fused-ring (bicyclic) bond motifs is 1. The van der Waals surface area contributed by atoms with E-state index in [0.29, 0.717) is 56.2 Å². The summed E-state index contributed by atoms with van der Waals surface area (Å²) in [5, 5.41) is 13.2. The van der Waals surface area contributed by atoms with Crippen molar-refractivity contribution in [2.24, 2.45) is 10.9 Å². The van der Waals surface area contributed by atoms with E-state index in [4.69, 9.17) is 5.84 Å². The number of hydrogen-bond donors (Lipinski definition) is 2. The van der Waals surface area contributed by atoms with Crippen LogP contribution >= 0.6 is 0 Å². The van der Waals surface area contributed by atoms with E-state index >= 15 is 4.39 Å². The van der Waals surface area contributed by atoms with E-state index in [0.717, 1.165) is 11.6 Å². The molecule has 0 radical (unpaired) electrons. The molecule has 0 spiro atoms. The van der Waals surface area contributed by atoms with Gasteiger partial charge in [-0.2, -0.15) is 5.10 Å². The fraction of sp³-hybridized carbons (Fsp3) is 0.292. The summed E-state index contributed by atoms with van der Waals surface area (Å²) >= 11 is 0. The van der Waals surface area contributed by atoms with Crippen LogP contribution in [0.25, 0.3) is 10.9 Å². The molecule has 4 rings (SSSR count). The van der Waals surface area contributed by atoms with Crippen molar-refractivity contribution in [3.8, 4) is 0 Å². The van der Waals surface area contributed by atoms with Crippen molar-refractivity contribution in [3.05, 3.63) is 75.6 Å². The van der Waals surface area contributed by atoms with Crippen molar-refractivity contribution < 1.29 is 18.7 Å². The zero-order valence-corrected chi connectivity index (χ0v) is 18.7. The summed E-state index contributed by atoms with van der Waals surface area (Å²) in [6.07, 6.45) is 1.30. The van der Waals surface area contributed by atoms with Gasteiger partial charge in [-0.05, 0) is 36.8 Å². The van der Waals surface area contributed by atoms with E-state index < -0.39 is 17.2 Å². The molecule has 0 bridgehead atoms. The fourth-order valence-corrected chi connectivity index (χ4v) is 4.26. The summed E-state index contributed by atoms with van der Waals surface area (Å²) in [4.78, 5) is 28.0. The first-order valence-corrected chi connectivity index (χ1v) is 10.9. The van der Waals surface area contributed by atoms with Crippen molar-refractivity contribution in [2.75, 3.05) is 37.6 Å². The predicted octanol–water partition coefficient (Wildman–Crippen LogP) is 2.48. The maximum absolute atomic E-state index is 15.1. The van der Waals surface area contributed by atoms with E-state index in [-0.39, 0.29) is 16.8 Å². The molecule has 1 fully saturated rings. The number of aromatic carboxylic acids is 1. The number of hydrazone groups is 1. The molecule has 0 saturated carbocycles. The molecule has 2 heterocycles. The summed E-state index contributed by atoms with van der Waals surface area (Å²) in [7, 11) is 0. The Balaban J connectivity index is 1.54. The van der Waals surface area contributed by atoms with Crippen molar-refractivity contribution in [1.82, 2.24) is 9.47 Å². The number of carboxylic acid groups (broad SMARTS) is 1. The Kier molecular flexibility index (Phi) is 6.60. The minimum atomic E-state index is -1.34. The predicted molar refractivity (Wildman–Crippen MR) is 127 cm³/mol. The average molecular weight is 469 g/mol. The number of nitrogens with two attached hydrogens (primary N) is 1. The maximum atomic E-state index is 15.1. The van der Waals surface area contributed by atoms with E-state index in [2.05, 4.69) is 10.0 Å². The van der Waals surface area contributed by atoms with E-state index in [9.17, 15) is 19.1 Å². The first kappa shape index (κ1) is 23.4. The molecule has 0 amide bonds. The molecular weight excluding hydrogens is 444 g/mol. The van der Waals surface area contributed by atoms with Crippen LogP contribution in [-0.4, -0.2) is 59.0 Å². The highest BCUT2D eigenvalue weighted by Gasteiger charge is 2.23. The number of pyridine rings is 1. The van der Waals surface area contributed by atoms with Crippen LogP contribution in [0.15, 0.2) is 52.5 Å². The van der Waals surface area contributed by atoms with Crippen LogP contribution in [-0.2, 0) is 6.54 Å². The molecule has 1 aromatic heterocycles. The number of rotatable bonds is 6. The molecule has 0 unspecified atom stereocenters. The number of carboxylic acids is 1. The minimum Gasteiger partial charge on any atom is -0.477 e. The second-order valence-corrected chi connectivity index (χ2v) is 8.13. The Morgan fingerprint density at radius 2 is 1.79 bits per heavy atom. The van der Waals surface area contributed by atoms with Crippen LogP contribution in [0, 0.1) is 11.6 Å². The number of aromatic nitrogens is 1. The first-order chi connectivity index (χ1) is 16.3.